The van der Waals surface area contributed by atoms with Crippen LogP contribution in [0.5, 0.6) is 0 Å². The Labute approximate surface area is 148 Å². The highest BCUT2D eigenvalue weighted by Gasteiger charge is 2.52. The van der Waals surface area contributed by atoms with Crippen molar-refractivity contribution < 1.29 is 9.31 Å². The second-order valence-electron chi connectivity index (χ2n) is 7.32. The third kappa shape index (κ3) is 2.54. The third-order valence-corrected chi connectivity index (χ3v) is 6.34. The second-order valence-corrected chi connectivity index (χ2v) is 8.40. The van der Waals surface area contributed by atoms with Crippen LogP contribution >= 0.6 is 11.8 Å². The van der Waals surface area contributed by atoms with E-state index in [0.717, 1.165) is 5.46 Å². The van der Waals surface area contributed by atoms with E-state index in [1.165, 1.54) is 20.9 Å². The van der Waals surface area contributed by atoms with Crippen LogP contribution in [-0.4, -0.2) is 18.3 Å². The highest BCUT2D eigenvalue weighted by molar-refractivity contribution is 7.99. The lowest BCUT2D eigenvalue weighted by Crippen LogP contribution is -2.41. The number of benzene rings is 2. The van der Waals surface area contributed by atoms with Crippen LogP contribution < -0.4 is 5.46 Å². The SMILES string of the molecule is CC1(C)OB(c2cccc3c2C=Cc2ccccc2S3)OC1(C)C. The van der Waals surface area contributed by atoms with E-state index < -0.39 is 0 Å². The van der Waals surface area contributed by atoms with Gasteiger partial charge in [0.1, 0.15) is 0 Å². The van der Waals surface area contributed by atoms with Gasteiger partial charge in [-0.1, -0.05) is 54.2 Å². The van der Waals surface area contributed by atoms with Gasteiger partial charge < -0.3 is 9.31 Å². The number of rotatable bonds is 1. The predicted molar refractivity (Wildman–Crippen MR) is 102 cm³/mol. The fourth-order valence-corrected chi connectivity index (χ4v) is 4.09. The van der Waals surface area contributed by atoms with E-state index in [0.29, 0.717) is 0 Å². The van der Waals surface area contributed by atoms with Crippen LogP contribution in [0.1, 0.15) is 38.8 Å². The smallest absolute Gasteiger partial charge is 0.399 e. The van der Waals surface area contributed by atoms with Gasteiger partial charge in [0.05, 0.1) is 11.2 Å². The van der Waals surface area contributed by atoms with E-state index in [-0.39, 0.29) is 18.3 Å². The van der Waals surface area contributed by atoms with E-state index in [9.17, 15) is 0 Å². The lowest BCUT2D eigenvalue weighted by atomic mass is 9.76. The molecule has 2 aliphatic heterocycles. The molecule has 4 rings (SSSR count). The Hall–Kier alpha value is -1.49. The first-order valence-electron chi connectivity index (χ1n) is 8.31. The summed E-state index contributed by atoms with van der Waals surface area (Å²) in [5, 5.41) is 0. The molecule has 2 aliphatic rings. The van der Waals surface area contributed by atoms with E-state index >= 15 is 0 Å². The predicted octanol–water partition coefficient (Wildman–Crippen LogP) is 4.62. The molecule has 0 unspecified atom stereocenters. The zero-order valence-electron chi connectivity index (χ0n) is 14.5. The van der Waals surface area contributed by atoms with Crippen molar-refractivity contribution in [3.8, 4) is 0 Å². The largest absolute Gasteiger partial charge is 0.495 e. The normalized spacial score (nSPS) is 20.4. The number of hydrogen-bond donors (Lipinski definition) is 0. The van der Waals surface area contributed by atoms with Crippen molar-refractivity contribution in [2.75, 3.05) is 0 Å². The zero-order valence-corrected chi connectivity index (χ0v) is 15.3. The monoisotopic (exact) mass is 336 g/mol. The van der Waals surface area contributed by atoms with Gasteiger partial charge in [-0.25, -0.2) is 0 Å². The summed E-state index contributed by atoms with van der Waals surface area (Å²) < 4.78 is 12.5. The Kier molecular flexibility index (Phi) is 3.68. The zero-order chi connectivity index (χ0) is 16.9. The molecule has 2 aromatic carbocycles. The van der Waals surface area contributed by atoms with Gasteiger partial charge in [0.15, 0.2) is 0 Å². The molecule has 0 spiro atoms. The first kappa shape index (κ1) is 16.0. The van der Waals surface area contributed by atoms with E-state index in [2.05, 4.69) is 82.3 Å². The van der Waals surface area contributed by atoms with Gasteiger partial charge in [0.2, 0.25) is 0 Å². The summed E-state index contributed by atoms with van der Waals surface area (Å²) in [5.74, 6) is 0. The summed E-state index contributed by atoms with van der Waals surface area (Å²) in [6.07, 6.45) is 4.37. The molecule has 0 aliphatic carbocycles. The highest BCUT2D eigenvalue weighted by atomic mass is 32.2. The van der Waals surface area contributed by atoms with Crippen LogP contribution in [0.25, 0.3) is 12.2 Å². The molecule has 0 saturated carbocycles. The van der Waals surface area contributed by atoms with Gasteiger partial charge in [-0.15, -0.1) is 0 Å². The van der Waals surface area contributed by atoms with Crippen LogP contribution in [-0.2, 0) is 9.31 Å². The van der Waals surface area contributed by atoms with Crippen molar-refractivity contribution in [1.82, 2.24) is 0 Å². The molecule has 0 atom stereocenters. The molecule has 24 heavy (non-hydrogen) atoms. The van der Waals surface area contributed by atoms with Crippen LogP contribution in [0.4, 0.5) is 0 Å². The van der Waals surface area contributed by atoms with Gasteiger partial charge in [0, 0.05) is 9.79 Å². The third-order valence-electron chi connectivity index (χ3n) is 5.18. The highest BCUT2D eigenvalue weighted by Crippen LogP contribution is 2.39. The molecule has 0 aromatic heterocycles. The lowest BCUT2D eigenvalue weighted by molar-refractivity contribution is 0.00578. The Morgan fingerprint density at radius 1 is 0.792 bits per heavy atom. The van der Waals surface area contributed by atoms with Crippen molar-refractivity contribution in [3.05, 3.63) is 53.6 Å². The quantitative estimate of drug-likeness (QED) is 0.604. The maximum absolute atomic E-state index is 6.27. The van der Waals surface area contributed by atoms with Gasteiger partial charge in [-0.3, -0.25) is 0 Å². The first-order valence-corrected chi connectivity index (χ1v) is 9.13. The summed E-state index contributed by atoms with van der Waals surface area (Å²) >= 11 is 1.80. The molecule has 1 fully saturated rings. The molecule has 2 aromatic rings. The summed E-state index contributed by atoms with van der Waals surface area (Å²) in [4.78, 5) is 2.52. The molecule has 4 heteroatoms. The molecule has 0 amide bonds. The first-order chi connectivity index (χ1) is 11.4. The van der Waals surface area contributed by atoms with Crippen molar-refractivity contribution in [1.29, 1.82) is 0 Å². The molecule has 2 heterocycles. The second kappa shape index (κ2) is 5.52. The van der Waals surface area contributed by atoms with Crippen LogP contribution in [0.2, 0.25) is 0 Å². The van der Waals surface area contributed by atoms with Crippen molar-refractivity contribution in [3.63, 3.8) is 0 Å². The maximum Gasteiger partial charge on any atom is 0.495 e. The molecule has 1 saturated heterocycles. The Morgan fingerprint density at radius 2 is 1.46 bits per heavy atom. The van der Waals surface area contributed by atoms with Crippen molar-refractivity contribution >= 4 is 36.5 Å². The van der Waals surface area contributed by atoms with Crippen LogP contribution in [0.15, 0.2) is 52.3 Å². The van der Waals surface area contributed by atoms with Crippen molar-refractivity contribution in [2.24, 2.45) is 0 Å². The molecular weight excluding hydrogens is 315 g/mol. The minimum atomic E-state index is -0.337. The summed E-state index contributed by atoms with van der Waals surface area (Å²) in [6.45, 7) is 8.37. The molecule has 0 bridgehead atoms. The Balaban J connectivity index is 1.77. The molecule has 0 radical (unpaired) electrons. The average Bonchev–Trinajstić information content (AvgIpc) is 2.68. The minimum Gasteiger partial charge on any atom is -0.399 e. The fourth-order valence-electron chi connectivity index (χ4n) is 3.01. The molecular formula is C20H21BO2S. The summed E-state index contributed by atoms with van der Waals surface area (Å²) in [6, 6.07) is 14.9. The van der Waals surface area contributed by atoms with Gasteiger partial charge in [-0.2, -0.15) is 0 Å². The molecule has 2 nitrogen and oxygen atoms in total. The molecule has 0 N–H and O–H groups in total. The Morgan fingerprint density at radius 3 is 2.21 bits per heavy atom. The van der Waals surface area contributed by atoms with Gasteiger partial charge in [0.25, 0.3) is 0 Å². The van der Waals surface area contributed by atoms with Crippen LogP contribution in [0.3, 0.4) is 0 Å². The molecule has 122 valence electrons. The average molecular weight is 336 g/mol. The minimum absolute atomic E-state index is 0.328. The van der Waals surface area contributed by atoms with Crippen molar-refractivity contribution in [2.45, 2.75) is 48.7 Å². The number of fused-ring (bicyclic) bond motifs is 2. The van der Waals surface area contributed by atoms with Crippen LogP contribution in [0, 0.1) is 0 Å². The van der Waals surface area contributed by atoms with E-state index in [4.69, 9.17) is 9.31 Å². The Bertz CT molecular complexity index is 810. The lowest BCUT2D eigenvalue weighted by Gasteiger charge is -2.32. The van der Waals surface area contributed by atoms with E-state index in [1.54, 1.807) is 11.8 Å². The topological polar surface area (TPSA) is 18.5 Å². The van der Waals surface area contributed by atoms with Gasteiger partial charge >= 0.3 is 7.12 Å². The summed E-state index contributed by atoms with van der Waals surface area (Å²) in [7, 11) is -0.337. The van der Waals surface area contributed by atoms with Gasteiger partial charge in [-0.05, 0) is 56.4 Å². The van der Waals surface area contributed by atoms with E-state index in [1.807, 2.05) is 0 Å². The fraction of sp³-hybridized carbons (Fsp3) is 0.300. The maximum atomic E-state index is 6.27. The summed E-state index contributed by atoms with van der Waals surface area (Å²) in [5.41, 5.74) is 2.88. The standard InChI is InChI=1S/C20H21BO2S/c1-19(2)20(3,4)23-21(22-19)16-9-7-11-18-15(16)13-12-14-8-5-6-10-17(14)24-18/h5-13H,1-4H3. The number of hydrogen-bond acceptors (Lipinski definition) is 3.